The van der Waals surface area contributed by atoms with Crippen LogP contribution in [0.1, 0.15) is 13.8 Å². The Labute approximate surface area is 71.9 Å². The molecule has 0 fully saturated rings. The van der Waals surface area contributed by atoms with E-state index in [0.717, 1.165) is 5.57 Å². The standard InChI is InChI=1S/C7H12ClN3/c1-5(2)6(8)11-7(9-3)10-4/h3H2,1-2,4H3,(H,10,11). The Hall–Kier alpha value is -0.830. The van der Waals surface area contributed by atoms with Gasteiger partial charge in [0.2, 0.25) is 5.96 Å². The topological polar surface area (TPSA) is 36.8 Å². The minimum absolute atomic E-state index is 0.427. The molecule has 62 valence electrons. The summed E-state index contributed by atoms with van der Waals surface area (Å²) in [5, 5.41) is 3.32. The molecule has 0 radical (unpaired) electrons. The number of hydrogen-bond donors (Lipinski definition) is 1. The fraction of sp³-hybridized carbons (Fsp3) is 0.429. The SMILES string of the molecule is C=NC(=NC)NC(Cl)=C(C)C. The van der Waals surface area contributed by atoms with Gasteiger partial charge in [0.05, 0.1) is 0 Å². The van der Waals surface area contributed by atoms with E-state index in [0.29, 0.717) is 11.1 Å². The Morgan fingerprint density at radius 3 is 2.27 bits per heavy atom. The molecule has 1 N–H and O–H groups in total. The first kappa shape index (κ1) is 10.2. The minimum Gasteiger partial charge on any atom is -0.315 e. The average Bonchev–Trinajstić information content (AvgIpc) is 1.99. The summed E-state index contributed by atoms with van der Waals surface area (Å²) in [6.07, 6.45) is 0. The van der Waals surface area contributed by atoms with Gasteiger partial charge in [-0.2, -0.15) is 0 Å². The Balaban J connectivity index is 4.26. The van der Waals surface area contributed by atoms with Crippen molar-refractivity contribution in [3.63, 3.8) is 0 Å². The van der Waals surface area contributed by atoms with Crippen LogP contribution in [0.4, 0.5) is 0 Å². The molecular weight excluding hydrogens is 162 g/mol. The lowest BCUT2D eigenvalue weighted by molar-refractivity contribution is 1.13. The first-order chi connectivity index (χ1) is 5.11. The monoisotopic (exact) mass is 173 g/mol. The largest absolute Gasteiger partial charge is 0.315 e. The molecule has 0 amide bonds. The first-order valence-electron chi connectivity index (χ1n) is 3.15. The van der Waals surface area contributed by atoms with Gasteiger partial charge in [-0.15, -0.1) is 0 Å². The van der Waals surface area contributed by atoms with Crippen LogP contribution in [-0.2, 0) is 0 Å². The van der Waals surface area contributed by atoms with E-state index >= 15 is 0 Å². The molecule has 0 atom stereocenters. The van der Waals surface area contributed by atoms with Crippen molar-refractivity contribution >= 4 is 24.3 Å². The normalized spacial score (nSPS) is 10.7. The molecule has 3 nitrogen and oxygen atoms in total. The number of halogens is 1. The maximum atomic E-state index is 5.77. The van der Waals surface area contributed by atoms with E-state index in [-0.39, 0.29) is 0 Å². The van der Waals surface area contributed by atoms with Gasteiger partial charge in [0.1, 0.15) is 5.16 Å². The fourth-order valence-electron chi connectivity index (χ4n) is 0.389. The number of nitrogens with zero attached hydrogens (tertiary/aromatic N) is 2. The summed E-state index contributed by atoms with van der Waals surface area (Å²) in [5.41, 5.74) is 0.983. The molecule has 0 heterocycles. The number of allylic oxidation sites excluding steroid dienone is 1. The molecule has 0 aliphatic heterocycles. The highest BCUT2D eigenvalue weighted by Gasteiger charge is 1.96. The molecule has 4 heteroatoms. The minimum atomic E-state index is 0.427. The summed E-state index contributed by atoms with van der Waals surface area (Å²) >= 11 is 5.77. The molecule has 11 heavy (non-hydrogen) atoms. The molecule has 0 rings (SSSR count). The van der Waals surface area contributed by atoms with Crippen LogP contribution in [0.5, 0.6) is 0 Å². The van der Waals surface area contributed by atoms with E-state index in [9.17, 15) is 0 Å². The lowest BCUT2D eigenvalue weighted by Crippen LogP contribution is -2.18. The van der Waals surface area contributed by atoms with Crippen LogP contribution >= 0.6 is 11.6 Å². The zero-order chi connectivity index (χ0) is 8.85. The predicted octanol–water partition coefficient (Wildman–Crippen LogP) is 1.75. The van der Waals surface area contributed by atoms with Gasteiger partial charge >= 0.3 is 0 Å². The van der Waals surface area contributed by atoms with Crippen molar-refractivity contribution in [2.75, 3.05) is 7.05 Å². The summed E-state index contributed by atoms with van der Waals surface area (Å²) in [7, 11) is 1.62. The molecule has 0 aliphatic rings. The zero-order valence-corrected chi connectivity index (χ0v) is 7.74. The van der Waals surface area contributed by atoms with Crippen molar-refractivity contribution in [1.29, 1.82) is 0 Å². The van der Waals surface area contributed by atoms with Gasteiger partial charge in [-0.05, 0) is 26.1 Å². The van der Waals surface area contributed by atoms with Gasteiger partial charge in [0.15, 0.2) is 0 Å². The Kier molecular flexibility index (Phi) is 4.54. The van der Waals surface area contributed by atoms with Crippen LogP contribution in [0.3, 0.4) is 0 Å². The quantitative estimate of drug-likeness (QED) is 0.366. The molecular formula is C7H12ClN3. The molecule has 0 aromatic carbocycles. The van der Waals surface area contributed by atoms with Gasteiger partial charge in [0.25, 0.3) is 0 Å². The van der Waals surface area contributed by atoms with Gasteiger partial charge in [-0.3, -0.25) is 4.99 Å². The molecule has 0 saturated heterocycles. The highest BCUT2D eigenvalue weighted by atomic mass is 35.5. The molecule has 0 bridgehead atoms. The summed E-state index contributed by atoms with van der Waals surface area (Å²) < 4.78 is 0. The third-order valence-corrected chi connectivity index (χ3v) is 1.49. The maximum Gasteiger partial charge on any atom is 0.222 e. The van der Waals surface area contributed by atoms with E-state index in [1.165, 1.54) is 0 Å². The number of hydrogen-bond acceptors (Lipinski definition) is 1. The second kappa shape index (κ2) is 4.91. The molecule has 0 spiro atoms. The maximum absolute atomic E-state index is 5.77. The summed E-state index contributed by atoms with van der Waals surface area (Å²) in [4.78, 5) is 7.39. The number of nitrogens with one attached hydrogen (secondary N) is 1. The second-order valence-corrected chi connectivity index (χ2v) is 2.52. The van der Waals surface area contributed by atoms with Crippen LogP contribution in [0.25, 0.3) is 0 Å². The van der Waals surface area contributed by atoms with Crippen molar-refractivity contribution in [2.24, 2.45) is 9.98 Å². The van der Waals surface area contributed by atoms with Crippen molar-refractivity contribution in [3.8, 4) is 0 Å². The van der Waals surface area contributed by atoms with Gasteiger partial charge in [-0.25, -0.2) is 4.99 Å². The van der Waals surface area contributed by atoms with Crippen LogP contribution in [-0.4, -0.2) is 19.7 Å². The van der Waals surface area contributed by atoms with Crippen molar-refractivity contribution in [3.05, 3.63) is 10.7 Å². The Morgan fingerprint density at radius 1 is 1.45 bits per heavy atom. The molecule has 0 aromatic rings. The summed E-state index contributed by atoms with van der Waals surface area (Å²) in [6, 6.07) is 0. The van der Waals surface area contributed by atoms with E-state index in [1.807, 2.05) is 13.8 Å². The second-order valence-electron chi connectivity index (χ2n) is 2.14. The highest BCUT2D eigenvalue weighted by molar-refractivity contribution is 6.30. The highest BCUT2D eigenvalue weighted by Crippen LogP contribution is 2.03. The fourth-order valence-corrected chi connectivity index (χ4v) is 0.474. The molecule has 0 saturated carbocycles. The van der Waals surface area contributed by atoms with Crippen molar-refractivity contribution < 1.29 is 0 Å². The van der Waals surface area contributed by atoms with E-state index in [1.54, 1.807) is 7.05 Å². The lowest BCUT2D eigenvalue weighted by Gasteiger charge is -2.03. The molecule has 0 unspecified atom stereocenters. The van der Waals surface area contributed by atoms with Crippen LogP contribution in [0.2, 0.25) is 0 Å². The predicted molar refractivity (Wildman–Crippen MR) is 50.3 cm³/mol. The lowest BCUT2D eigenvalue weighted by atomic mass is 10.4. The van der Waals surface area contributed by atoms with Gasteiger partial charge in [0, 0.05) is 7.05 Å². The van der Waals surface area contributed by atoms with E-state index < -0.39 is 0 Å². The number of rotatable bonds is 1. The van der Waals surface area contributed by atoms with Crippen molar-refractivity contribution in [2.45, 2.75) is 13.8 Å². The van der Waals surface area contributed by atoms with Gasteiger partial charge in [-0.1, -0.05) is 11.6 Å². The van der Waals surface area contributed by atoms with Crippen LogP contribution in [0, 0.1) is 0 Å². The molecule has 0 aromatic heterocycles. The van der Waals surface area contributed by atoms with E-state index in [4.69, 9.17) is 11.6 Å². The third-order valence-electron chi connectivity index (χ3n) is 1.02. The average molecular weight is 174 g/mol. The van der Waals surface area contributed by atoms with Crippen LogP contribution in [0.15, 0.2) is 20.7 Å². The van der Waals surface area contributed by atoms with Crippen LogP contribution < -0.4 is 5.32 Å². The number of guanidine groups is 1. The summed E-state index contributed by atoms with van der Waals surface area (Å²) in [6.45, 7) is 7.11. The third kappa shape index (κ3) is 3.78. The smallest absolute Gasteiger partial charge is 0.222 e. The molecule has 0 aliphatic carbocycles. The first-order valence-corrected chi connectivity index (χ1v) is 3.53. The number of aliphatic imine (C=N–C) groups is 2. The van der Waals surface area contributed by atoms with Gasteiger partial charge < -0.3 is 5.32 Å². The van der Waals surface area contributed by atoms with E-state index in [2.05, 4.69) is 22.0 Å². The summed E-state index contributed by atoms with van der Waals surface area (Å²) in [5.74, 6) is 0.427. The van der Waals surface area contributed by atoms with Crippen molar-refractivity contribution in [1.82, 2.24) is 5.32 Å². The zero-order valence-electron chi connectivity index (χ0n) is 6.98. The Morgan fingerprint density at radius 2 is 2.00 bits per heavy atom. The Bertz CT molecular complexity index is 202.